The van der Waals surface area contributed by atoms with E-state index in [0.717, 1.165) is 46.8 Å². The summed E-state index contributed by atoms with van der Waals surface area (Å²) in [5.74, 6) is 2.33. The molecule has 0 radical (unpaired) electrons. The van der Waals surface area contributed by atoms with Crippen LogP contribution in [0.2, 0.25) is 0 Å². The number of aromatic nitrogens is 2. The van der Waals surface area contributed by atoms with E-state index in [-0.39, 0.29) is 18.6 Å². The number of aryl methyl sites for hydroxylation is 1. The molecule has 0 bridgehead atoms. The Morgan fingerprint density at radius 2 is 2.00 bits per heavy atom. The smallest absolute Gasteiger partial charge is 0.258 e. The van der Waals surface area contributed by atoms with Gasteiger partial charge in [0.15, 0.2) is 6.61 Å². The quantitative estimate of drug-likeness (QED) is 0.583. The molecule has 1 heterocycles. The molecule has 27 heavy (non-hydrogen) atoms. The Morgan fingerprint density at radius 3 is 2.78 bits per heavy atom. The molecule has 0 spiro atoms. The van der Waals surface area contributed by atoms with Gasteiger partial charge in [0.1, 0.15) is 11.6 Å². The summed E-state index contributed by atoms with van der Waals surface area (Å²) >= 11 is 1.75. The lowest BCUT2D eigenvalue weighted by molar-refractivity contribution is -0.123. The fourth-order valence-corrected chi connectivity index (χ4v) is 3.44. The molecule has 0 unspecified atom stereocenters. The van der Waals surface area contributed by atoms with Gasteiger partial charge in [-0.25, -0.2) is 4.98 Å². The minimum atomic E-state index is -0.164. The SMILES string of the molecule is CCc1ccccc1OCC(=O)N[C@@H](CCSC)c1nc2ccccc2[nH]1. The van der Waals surface area contributed by atoms with E-state index in [1.165, 1.54) is 0 Å². The number of fused-ring (bicyclic) bond motifs is 1. The number of imidazole rings is 1. The summed E-state index contributed by atoms with van der Waals surface area (Å²) in [6.07, 6.45) is 3.73. The molecule has 0 aliphatic carbocycles. The highest BCUT2D eigenvalue weighted by molar-refractivity contribution is 7.98. The number of para-hydroxylation sites is 3. The average Bonchev–Trinajstić information content (AvgIpc) is 3.13. The van der Waals surface area contributed by atoms with E-state index < -0.39 is 0 Å². The van der Waals surface area contributed by atoms with E-state index in [2.05, 4.69) is 28.5 Å². The van der Waals surface area contributed by atoms with Crippen molar-refractivity contribution in [1.82, 2.24) is 15.3 Å². The lowest BCUT2D eigenvalue weighted by atomic mass is 10.1. The molecule has 1 atom stereocenters. The normalized spacial score (nSPS) is 12.1. The van der Waals surface area contributed by atoms with E-state index in [1.54, 1.807) is 11.8 Å². The van der Waals surface area contributed by atoms with Crippen molar-refractivity contribution in [3.63, 3.8) is 0 Å². The first kappa shape index (κ1) is 19.3. The summed E-state index contributed by atoms with van der Waals surface area (Å²) in [4.78, 5) is 20.5. The second-order valence-corrected chi connectivity index (χ2v) is 7.28. The van der Waals surface area contributed by atoms with Crippen molar-refractivity contribution in [2.45, 2.75) is 25.8 Å². The molecule has 0 saturated carbocycles. The van der Waals surface area contributed by atoms with Crippen LogP contribution >= 0.6 is 11.8 Å². The molecule has 1 aromatic heterocycles. The number of aromatic amines is 1. The predicted molar refractivity (Wildman–Crippen MR) is 111 cm³/mol. The Bertz CT molecular complexity index is 861. The number of hydrogen-bond acceptors (Lipinski definition) is 4. The van der Waals surface area contributed by atoms with Crippen LogP contribution in [0, 0.1) is 0 Å². The van der Waals surface area contributed by atoms with Gasteiger partial charge in [-0.3, -0.25) is 4.79 Å². The number of hydrogen-bond donors (Lipinski definition) is 2. The number of nitrogens with one attached hydrogen (secondary N) is 2. The molecule has 0 saturated heterocycles. The van der Waals surface area contributed by atoms with E-state index >= 15 is 0 Å². The van der Waals surface area contributed by atoms with E-state index in [1.807, 2.05) is 48.5 Å². The molecule has 2 N–H and O–H groups in total. The molecule has 1 amide bonds. The van der Waals surface area contributed by atoms with Gasteiger partial charge in [-0.1, -0.05) is 37.3 Å². The Morgan fingerprint density at radius 1 is 1.22 bits per heavy atom. The number of rotatable bonds is 9. The largest absolute Gasteiger partial charge is 0.483 e. The minimum Gasteiger partial charge on any atom is -0.483 e. The molecule has 2 aromatic carbocycles. The standard InChI is InChI=1S/C21H25N3O2S/c1-3-15-8-4-7-11-19(15)26-14-20(25)22-18(12-13-27-2)21-23-16-9-5-6-10-17(16)24-21/h4-11,18H,3,12-14H2,1-2H3,(H,22,25)(H,23,24)/t18-/m0/s1. The first-order chi connectivity index (χ1) is 13.2. The lowest BCUT2D eigenvalue weighted by Gasteiger charge is -2.17. The predicted octanol–water partition coefficient (Wildman–Crippen LogP) is 4.11. The summed E-state index contributed by atoms with van der Waals surface area (Å²) in [6.45, 7) is 2.06. The molecular weight excluding hydrogens is 358 g/mol. The number of thioether (sulfide) groups is 1. The van der Waals surface area contributed by atoms with Crippen LogP contribution < -0.4 is 10.1 Å². The van der Waals surface area contributed by atoms with Crippen LogP contribution in [0.5, 0.6) is 5.75 Å². The Hall–Kier alpha value is -2.47. The van der Waals surface area contributed by atoms with Gasteiger partial charge in [0.2, 0.25) is 0 Å². The highest BCUT2D eigenvalue weighted by Gasteiger charge is 2.18. The third-order valence-electron chi connectivity index (χ3n) is 4.40. The van der Waals surface area contributed by atoms with Gasteiger partial charge < -0.3 is 15.0 Å². The van der Waals surface area contributed by atoms with E-state index in [4.69, 9.17) is 4.74 Å². The van der Waals surface area contributed by atoms with Crippen molar-refractivity contribution in [3.8, 4) is 5.75 Å². The molecule has 6 heteroatoms. The molecular formula is C21H25N3O2S. The van der Waals surface area contributed by atoms with Crippen molar-refractivity contribution >= 4 is 28.7 Å². The van der Waals surface area contributed by atoms with Crippen LogP contribution in [0.4, 0.5) is 0 Å². The van der Waals surface area contributed by atoms with Crippen molar-refractivity contribution in [2.24, 2.45) is 0 Å². The van der Waals surface area contributed by atoms with Gasteiger partial charge in [-0.15, -0.1) is 0 Å². The zero-order valence-electron chi connectivity index (χ0n) is 15.7. The number of H-pyrrole nitrogens is 1. The third kappa shape index (κ3) is 5.04. The molecule has 142 valence electrons. The number of ether oxygens (including phenoxy) is 1. The maximum absolute atomic E-state index is 12.5. The van der Waals surface area contributed by atoms with Gasteiger partial charge in [0, 0.05) is 0 Å². The van der Waals surface area contributed by atoms with Gasteiger partial charge >= 0.3 is 0 Å². The number of nitrogens with zero attached hydrogens (tertiary/aromatic N) is 1. The maximum atomic E-state index is 12.5. The molecule has 5 nitrogen and oxygen atoms in total. The summed E-state index contributed by atoms with van der Waals surface area (Å²) in [6, 6.07) is 15.5. The minimum absolute atomic E-state index is 0.00693. The Balaban J connectivity index is 1.67. The zero-order chi connectivity index (χ0) is 19.1. The topological polar surface area (TPSA) is 67.0 Å². The zero-order valence-corrected chi connectivity index (χ0v) is 16.5. The van der Waals surface area contributed by atoms with Gasteiger partial charge in [-0.05, 0) is 48.6 Å². The van der Waals surface area contributed by atoms with Crippen molar-refractivity contribution in [3.05, 3.63) is 59.9 Å². The molecule has 0 fully saturated rings. The monoisotopic (exact) mass is 383 g/mol. The first-order valence-electron chi connectivity index (χ1n) is 9.15. The number of benzene rings is 2. The highest BCUT2D eigenvalue weighted by atomic mass is 32.2. The Kier molecular flexibility index (Phi) is 6.76. The summed E-state index contributed by atoms with van der Waals surface area (Å²) in [7, 11) is 0. The fourth-order valence-electron chi connectivity index (χ4n) is 2.97. The van der Waals surface area contributed by atoms with Crippen LogP contribution in [-0.4, -0.2) is 34.5 Å². The van der Waals surface area contributed by atoms with Crippen molar-refractivity contribution in [2.75, 3.05) is 18.6 Å². The molecule has 3 aromatic rings. The van der Waals surface area contributed by atoms with Crippen LogP contribution in [0.25, 0.3) is 11.0 Å². The number of carbonyl (C=O) groups is 1. The van der Waals surface area contributed by atoms with Crippen molar-refractivity contribution < 1.29 is 9.53 Å². The van der Waals surface area contributed by atoms with Crippen LogP contribution in [0.3, 0.4) is 0 Å². The van der Waals surface area contributed by atoms with Gasteiger partial charge in [-0.2, -0.15) is 11.8 Å². The van der Waals surface area contributed by atoms with Gasteiger partial charge in [0.05, 0.1) is 17.1 Å². The summed E-state index contributed by atoms with van der Waals surface area (Å²) < 4.78 is 5.74. The number of amides is 1. The highest BCUT2D eigenvalue weighted by Crippen LogP contribution is 2.21. The average molecular weight is 384 g/mol. The maximum Gasteiger partial charge on any atom is 0.258 e. The third-order valence-corrected chi connectivity index (χ3v) is 5.04. The summed E-state index contributed by atoms with van der Waals surface area (Å²) in [5, 5.41) is 3.07. The van der Waals surface area contributed by atoms with Crippen LogP contribution in [0.15, 0.2) is 48.5 Å². The van der Waals surface area contributed by atoms with E-state index in [9.17, 15) is 4.79 Å². The van der Waals surface area contributed by atoms with Gasteiger partial charge in [0.25, 0.3) is 5.91 Å². The Labute approximate surface area is 163 Å². The van der Waals surface area contributed by atoms with Crippen molar-refractivity contribution in [1.29, 1.82) is 0 Å². The summed E-state index contributed by atoms with van der Waals surface area (Å²) in [5.41, 5.74) is 2.98. The van der Waals surface area contributed by atoms with Crippen LogP contribution in [-0.2, 0) is 11.2 Å². The second kappa shape index (κ2) is 9.46. The molecule has 0 aliphatic rings. The molecule has 3 rings (SSSR count). The van der Waals surface area contributed by atoms with E-state index in [0.29, 0.717) is 0 Å². The van der Waals surface area contributed by atoms with Crippen LogP contribution in [0.1, 0.15) is 30.8 Å². The lowest BCUT2D eigenvalue weighted by Crippen LogP contribution is -2.33. The first-order valence-corrected chi connectivity index (χ1v) is 10.5. The number of carbonyl (C=O) groups excluding carboxylic acids is 1. The fraction of sp³-hybridized carbons (Fsp3) is 0.333. The molecule has 0 aliphatic heterocycles. The second-order valence-electron chi connectivity index (χ2n) is 6.29.